The molecule has 0 bridgehead atoms. The second-order valence-electron chi connectivity index (χ2n) is 4.24. The lowest BCUT2D eigenvalue weighted by molar-refractivity contribution is 0.938. The summed E-state index contributed by atoms with van der Waals surface area (Å²) in [6, 6.07) is 0. The van der Waals surface area contributed by atoms with Crippen LogP contribution in [0, 0.1) is 0 Å². The number of hydrogen-bond acceptors (Lipinski definition) is 2. The van der Waals surface area contributed by atoms with Crippen LogP contribution in [-0.2, 0) is 6.54 Å². The van der Waals surface area contributed by atoms with Crippen LogP contribution in [0.4, 0.5) is 0 Å². The largest absolute Gasteiger partial charge is 0.344 e. The van der Waals surface area contributed by atoms with E-state index in [0.717, 1.165) is 11.8 Å². The Morgan fingerprint density at radius 3 is 2.46 bits per heavy atom. The third kappa shape index (κ3) is 1.27. The molecule has 3 N–H and O–H groups in total. The maximum atomic E-state index is 5.68. The van der Waals surface area contributed by atoms with Crippen molar-refractivity contribution in [1.29, 1.82) is 0 Å². The predicted molar refractivity (Wildman–Crippen MR) is 50.4 cm³/mol. The number of nitrogens with zero attached hydrogens (tertiary/aromatic N) is 1. The SMILES string of the molecule is NCc1[nH]c(C2CC2)nc1C1CC1. The van der Waals surface area contributed by atoms with Crippen molar-refractivity contribution in [2.45, 2.75) is 44.1 Å². The number of hydrogen-bond donors (Lipinski definition) is 2. The molecule has 2 fully saturated rings. The van der Waals surface area contributed by atoms with Crippen LogP contribution < -0.4 is 5.73 Å². The van der Waals surface area contributed by atoms with Gasteiger partial charge in [0.25, 0.3) is 0 Å². The number of nitrogens with one attached hydrogen (secondary N) is 1. The van der Waals surface area contributed by atoms with E-state index in [1.54, 1.807) is 0 Å². The number of aromatic nitrogens is 2. The van der Waals surface area contributed by atoms with Crippen LogP contribution in [0.2, 0.25) is 0 Å². The number of nitrogens with two attached hydrogens (primary N) is 1. The van der Waals surface area contributed by atoms with Gasteiger partial charge in [-0.3, -0.25) is 0 Å². The van der Waals surface area contributed by atoms with E-state index >= 15 is 0 Å². The van der Waals surface area contributed by atoms with Gasteiger partial charge < -0.3 is 10.7 Å². The Bertz CT molecular complexity index is 321. The van der Waals surface area contributed by atoms with Gasteiger partial charge in [-0.1, -0.05) is 0 Å². The summed E-state index contributed by atoms with van der Waals surface area (Å²) in [4.78, 5) is 8.05. The average Bonchev–Trinajstić information content (AvgIpc) is 3.02. The first-order valence-electron chi connectivity index (χ1n) is 5.17. The summed E-state index contributed by atoms with van der Waals surface area (Å²) in [6.07, 6.45) is 5.23. The number of H-pyrrole nitrogens is 1. The van der Waals surface area contributed by atoms with E-state index in [0.29, 0.717) is 6.54 Å². The highest BCUT2D eigenvalue weighted by Crippen LogP contribution is 2.44. The number of rotatable bonds is 3. The minimum Gasteiger partial charge on any atom is -0.344 e. The summed E-state index contributed by atoms with van der Waals surface area (Å²) >= 11 is 0. The van der Waals surface area contributed by atoms with E-state index in [9.17, 15) is 0 Å². The van der Waals surface area contributed by atoms with Crippen molar-refractivity contribution in [3.8, 4) is 0 Å². The fraction of sp³-hybridized carbons (Fsp3) is 0.700. The van der Waals surface area contributed by atoms with Crippen molar-refractivity contribution < 1.29 is 0 Å². The topological polar surface area (TPSA) is 54.7 Å². The molecule has 70 valence electrons. The van der Waals surface area contributed by atoms with E-state index < -0.39 is 0 Å². The molecule has 0 unspecified atom stereocenters. The smallest absolute Gasteiger partial charge is 0.109 e. The summed E-state index contributed by atoms with van der Waals surface area (Å²) in [5.41, 5.74) is 8.13. The molecule has 1 heterocycles. The zero-order valence-electron chi connectivity index (χ0n) is 7.71. The van der Waals surface area contributed by atoms with Gasteiger partial charge in [0.05, 0.1) is 11.4 Å². The molecule has 0 saturated heterocycles. The van der Waals surface area contributed by atoms with Crippen LogP contribution in [0.25, 0.3) is 0 Å². The highest BCUT2D eigenvalue weighted by atomic mass is 15.0. The molecule has 0 spiro atoms. The molecule has 0 amide bonds. The molecule has 0 aromatic carbocycles. The van der Waals surface area contributed by atoms with E-state index in [4.69, 9.17) is 5.73 Å². The van der Waals surface area contributed by atoms with Crippen molar-refractivity contribution >= 4 is 0 Å². The minimum absolute atomic E-state index is 0.617. The predicted octanol–water partition coefficient (Wildman–Crippen LogP) is 1.62. The van der Waals surface area contributed by atoms with Gasteiger partial charge in [0.2, 0.25) is 0 Å². The van der Waals surface area contributed by atoms with Crippen LogP contribution >= 0.6 is 0 Å². The van der Waals surface area contributed by atoms with Crippen molar-refractivity contribution in [2.24, 2.45) is 5.73 Å². The fourth-order valence-electron chi connectivity index (χ4n) is 1.84. The van der Waals surface area contributed by atoms with Crippen LogP contribution in [0.5, 0.6) is 0 Å². The monoisotopic (exact) mass is 177 g/mol. The molecular weight excluding hydrogens is 162 g/mol. The van der Waals surface area contributed by atoms with E-state index in [-0.39, 0.29) is 0 Å². The molecular formula is C10H15N3. The lowest BCUT2D eigenvalue weighted by atomic mass is 10.2. The van der Waals surface area contributed by atoms with Gasteiger partial charge in [0, 0.05) is 18.4 Å². The van der Waals surface area contributed by atoms with Crippen molar-refractivity contribution in [1.82, 2.24) is 9.97 Å². The van der Waals surface area contributed by atoms with Gasteiger partial charge in [0.15, 0.2) is 0 Å². The molecule has 3 heteroatoms. The molecule has 1 aromatic heterocycles. The first-order valence-corrected chi connectivity index (χ1v) is 5.17. The van der Waals surface area contributed by atoms with Gasteiger partial charge in [-0.25, -0.2) is 4.98 Å². The quantitative estimate of drug-likeness (QED) is 0.737. The third-order valence-electron chi connectivity index (χ3n) is 2.96. The Morgan fingerprint density at radius 2 is 1.92 bits per heavy atom. The average molecular weight is 177 g/mol. The number of imidazole rings is 1. The molecule has 2 aliphatic rings. The standard InChI is InChI=1S/C10H15N3/c11-5-8-9(6-1-2-6)13-10(12-8)7-3-4-7/h6-7H,1-5,11H2,(H,12,13). The normalized spacial score (nSPS) is 22.2. The van der Waals surface area contributed by atoms with Gasteiger partial charge in [-0.05, 0) is 25.7 Å². The molecule has 1 aromatic rings. The second kappa shape index (κ2) is 2.58. The first-order chi connectivity index (χ1) is 6.38. The van der Waals surface area contributed by atoms with Crippen molar-refractivity contribution in [2.75, 3.05) is 0 Å². The summed E-state index contributed by atoms with van der Waals surface area (Å²) in [5.74, 6) is 2.64. The molecule has 3 rings (SSSR count). The maximum Gasteiger partial charge on any atom is 0.109 e. The molecule has 3 nitrogen and oxygen atoms in total. The Labute approximate surface area is 77.7 Å². The zero-order valence-corrected chi connectivity index (χ0v) is 7.71. The van der Waals surface area contributed by atoms with Crippen LogP contribution in [0.1, 0.15) is 54.7 Å². The Morgan fingerprint density at radius 1 is 1.23 bits per heavy atom. The second-order valence-corrected chi connectivity index (χ2v) is 4.24. The molecule has 13 heavy (non-hydrogen) atoms. The van der Waals surface area contributed by atoms with E-state index in [1.807, 2.05) is 0 Å². The molecule has 0 aliphatic heterocycles. The van der Waals surface area contributed by atoms with Crippen LogP contribution in [0.15, 0.2) is 0 Å². The van der Waals surface area contributed by atoms with Crippen LogP contribution in [-0.4, -0.2) is 9.97 Å². The highest BCUT2D eigenvalue weighted by Gasteiger charge is 2.32. The summed E-state index contributed by atoms with van der Waals surface area (Å²) in [5, 5.41) is 0. The summed E-state index contributed by atoms with van der Waals surface area (Å²) < 4.78 is 0. The molecule has 2 saturated carbocycles. The van der Waals surface area contributed by atoms with Crippen molar-refractivity contribution in [3.63, 3.8) is 0 Å². The van der Waals surface area contributed by atoms with Gasteiger partial charge in [-0.15, -0.1) is 0 Å². The van der Waals surface area contributed by atoms with E-state index in [1.165, 1.54) is 42.9 Å². The lowest BCUT2D eigenvalue weighted by Gasteiger charge is -1.93. The van der Waals surface area contributed by atoms with Gasteiger partial charge in [-0.2, -0.15) is 0 Å². The van der Waals surface area contributed by atoms with Crippen LogP contribution in [0.3, 0.4) is 0 Å². The third-order valence-corrected chi connectivity index (χ3v) is 2.96. The van der Waals surface area contributed by atoms with Crippen molar-refractivity contribution in [3.05, 3.63) is 17.2 Å². The minimum atomic E-state index is 0.617. The lowest BCUT2D eigenvalue weighted by Crippen LogP contribution is -2.00. The first kappa shape index (κ1) is 7.56. The molecule has 0 radical (unpaired) electrons. The maximum absolute atomic E-state index is 5.68. The number of aromatic amines is 1. The van der Waals surface area contributed by atoms with E-state index in [2.05, 4.69) is 9.97 Å². The Kier molecular flexibility index (Phi) is 1.50. The van der Waals surface area contributed by atoms with Gasteiger partial charge >= 0.3 is 0 Å². The summed E-state index contributed by atoms with van der Waals surface area (Å²) in [7, 11) is 0. The highest BCUT2D eigenvalue weighted by molar-refractivity contribution is 5.25. The molecule has 2 aliphatic carbocycles. The fourth-order valence-corrected chi connectivity index (χ4v) is 1.84. The molecule has 0 atom stereocenters. The zero-order chi connectivity index (χ0) is 8.84. The Hall–Kier alpha value is -0.830. The van der Waals surface area contributed by atoms with Gasteiger partial charge in [0.1, 0.15) is 5.82 Å². The Balaban J connectivity index is 1.95. The summed E-state index contributed by atoms with van der Waals surface area (Å²) in [6.45, 7) is 0.617.